The van der Waals surface area contributed by atoms with Crippen LogP contribution in [-0.2, 0) is 16.6 Å². The maximum absolute atomic E-state index is 13.3. The second kappa shape index (κ2) is 4.87. The topological polar surface area (TPSA) is 72.3 Å². The molecule has 0 saturated heterocycles. The molecule has 9 heteroatoms. The molecular formula is C13H11F2N3O3S. The number of rotatable bonds is 2. The van der Waals surface area contributed by atoms with Crippen molar-refractivity contribution in [2.45, 2.75) is 18.4 Å². The van der Waals surface area contributed by atoms with E-state index < -0.39 is 26.6 Å². The van der Waals surface area contributed by atoms with Crippen molar-refractivity contribution in [1.82, 2.24) is 9.55 Å². The lowest BCUT2D eigenvalue weighted by molar-refractivity contribution is 0.565. The lowest BCUT2D eigenvalue weighted by Crippen LogP contribution is -2.30. The monoisotopic (exact) mass is 327 g/mol. The van der Waals surface area contributed by atoms with Gasteiger partial charge in [-0.1, -0.05) is 0 Å². The summed E-state index contributed by atoms with van der Waals surface area (Å²) in [6.07, 6.45) is 0. The smallest absolute Gasteiger partial charge is 0.266 e. The number of nitrogens with zero attached hydrogens (tertiary/aromatic N) is 3. The number of benzene rings is 1. The summed E-state index contributed by atoms with van der Waals surface area (Å²) in [5, 5.41) is 0. The molecule has 2 heterocycles. The van der Waals surface area contributed by atoms with Crippen LogP contribution in [0.25, 0.3) is 0 Å². The Hall–Kier alpha value is -2.29. The van der Waals surface area contributed by atoms with Crippen LogP contribution in [-0.4, -0.2) is 24.5 Å². The van der Waals surface area contributed by atoms with Gasteiger partial charge in [0.1, 0.15) is 11.6 Å². The first-order valence-electron chi connectivity index (χ1n) is 6.36. The normalized spacial score (nSPS) is 14.2. The van der Waals surface area contributed by atoms with Gasteiger partial charge in [0.15, 0.2) is 0 Å². The number of hydrogen-bond acceptors (Lipinski definition) is 4. The number of halogens is 2. The molecule has 0 spiro atoms. The van der Waals surface area contributed by atoms with E-state index in [1.807, 2.05) is 0 Å². The zero-order valence-corrected chi connectivity index (χ0v) is 12.3. The molecule has 1 aromatic carbocycles. The second-order valence-electron chi connectivity index (χ2n) is 4.87. The third-order valence-corrected chi connectivity index (χ3v) is 5.05. The van der Waals surface area contributed by atoms with E-state index in [1.54, 1.807) is 6.92 Å². The molecule has 2 aromatic rings. The summed E-state index contributed by atoms with van der Waals surface area (Å²) in [5.41, 5.74) is -0.00519. The molecule has 0 unspecified atom stereocenters. The van der Waals surface area contributed by atoms with Crippen molar-refractivity contribution >= 4 is 16.0 Å². The van der Waals surface area contributed by atoms with E-state index in [4.69, 9.17) is 0 Å². The first-order valence-corrected chi connectivity index (χ1v) is 7.80. The van der Waals surface area contributed by atoms with Gasteiger partial charge < -0.3 is 0 Å². The fourth-order valence-corrected chi connectivity index (χ4v) is 3.78. The Bertz CT molecular complexity index is 904. The van der Waals surface area contributed by atoms with Crippen LogP contribution in [0.15, 0.2) is 34.0 Å². The molecule has 0 amide bonds. The third-order valence-electron chi connectivity index (χ3n) is 3.29. The van der Waals surface area contributed by atoms with Gasteiger partial charge in [0.05, 0.1) is 11.4 Å². The summed E-state index contributed by atoms with van der Waals surface area (Å²) in [4.78, 5) is 15.4. The van der Waals surface area contributed by atoms with Crippen LogP contribution < -0.4 is 9.86 Å². The van der Waals surface area contributed by atoms with Gasteiger partial charge in [-0.25, -0.2) is 26.5 Å². The summed E-state index contributed by atoms with van der Waals surface area (Å²) in [7, 11) is -4.20. The minimum atomic E-state index is -4.20. The lowest BCUT2D eigenvalue weighted by Gasteiger charge is -2.17. The SMILES string of the molecule is Cc1cc(=O)n2c(n1)N(S(=O)(=O)c1cc(F)cc(F)c1)CC2. The van der Waals surface area contributed by atoms with Crippen molar-refractivity contribution < 1.29 is 17.2 Å². The Morgan fingerprint density at radius 1 is 1.09 bits per heavy atom. The van der Waals surface area contributed by atoms with Gasteiger partial charge in [0, 0.05) is 24.4 Å². The average molecular weight is 327 g/mol. The molecule has 6 nitrogen and oxygen atoms in total. The highest BCUT2D eigenvalue weighted by Gasteiger charge is 2.33. The van der Waals surface area contributed by atoms with Crippen LogP contribution in [0, 0.1) is 18.6 Å². The van der Waals surface area contributed by atoms with Crippen molar-refractivity contribution in [2.75, 3.05) is 10.8 Å². The van der Waals surface area contributed by atoms with Gasteiger partial charge in [0.25, 0.3) is 15.6 Å². The van der Waals surface area contributed by atoms with Crippen molar-refractivity contribution in [3.8, 4) is 0 Å². The Morgan fingerprint density at radius 2 is 1.73 bits per heavy atom. The quantitative estimate of drug-likeness (QED) is 0.826. The number of hydrogen-bond donors (Lipinski definition) is 0. The molecule has 0 N–H and O–H groups in total. The number of aryl methyl sites for hydroxylation is 1. The fourth-order valence-electron chi connectivity index (χ4n) is 2.33. The van der Waals surface area contributed by atoms with Crippen molar-refractivity contribution in [2.24, 2.45) is 0 Å². The number of anilines is 1. The highest BCUT2D eigenvalue weighted by molar-refractivity contribution is 7.92. The molecular weight excluding hydrogens is 316 g/mol. The summed E-state index contributed by atoms with van der Waals surface area (Å²) in [5.74, 6) is -2.03. The van der Waals surface area contributed by atoms with Crippen LogP contribution >= 0.6 is 0 Å². The highest BCUT2D eigenvalue weighted by atomic mass is 32.2. The molecule has 116 valence electrons. The fraction of sp³-hybridized carbons (Fsp3) is 0.231. The van der Waals surface area contributed by atoms with E-state index in [0.717, 1.165) is 16.4 Å². The summed E-state index contributed by atoms with van der Waals surface area (Å²) >= 11 is 0. The Morgan fingerprint density at radius 3 is 2.36 bits per heavy atom. The molecule has 0 saturated carbocycles. The summed E-state index contributed by atoms with van der Waals surface area (Å²) < 4.78 is 53.8. The van der Waals surface area contributed by atoms with Crippen LogP contribution in [0.2, 0.25) is 0 Å². The maximum Gasteiger partial charge on any atom is 0.266 e. The van der Waals surface area contributed by atoms with Gasteiger partial charge in [-0.2, -0.15) is 0 Å². The van der Waals surface area contributed by atoms with Gasteiger partial charge in [0.2, 0.25) is 5.95 Å². The van der Waals surface area contributed by atoms with Gasteiger partial charge in [-0.15, -0.1) is 0 Å². The predicted molar refractivity (Wildman–Crippen MR) is 74.1 cm³/mol. The van der Waals surface area contributed by atoms with E-state index in [-0.39, 0.29) is 24.6 Å². The minimum absolute atomic E-state index is 0.0217. The van der Waals surface area contributed by atoms with E-state index in [9.17, 15) is 22.0 Å². The Kier molecular flexibility index (Phi) is 3.24. The van der Waals surface area contributed by atoms with Crippen molar-refractivity contribution in [3.63, 3.8) is 0 Å². The second-order valence-corrected chi connectivity index (χ2v) is 6.73. The molecule has 1 aliphatic rings. The lowest BCUT2D eigenvalue weighted by atomic mass is 10.3. The minimum Gasteiger partial charge on any atom is -0.276 e. The maximum atomic E-state index is 13.3. The molecule has 1 aromatic heterocycles. The van der Waals surface area contributed by atoms with E-state index >= 15 is 0 Å². The largest absolute Gasteiger partial charge is 0.276 e. The molecule has 0 atom stereocenters. The Balaban J connectivity index is 2.16. The third kappa shape index (κ3) is 2.27. The number of sulfonamides is 1. The Labute approximate surface area is 124 Å². The standard InChI is InChI=1S/C13H11F2N3O3S/c1-8-4-12(19)17-2-3-18(13(17)16-8)22(20,21)11-6-9(14)5-10(15)7-11/h4-7H,2-3H2,1H3. The molecule has 0 fully saturated rings. The molecule has 0 bridgehead atoms. The molecule has 0 aliphatic carbocycles. The molecule has 3 rings (SSSR count). The van der Waals surface area contributed by atoms with Crippen molar-refractivity contribution in [1.29, 1.82) is 0 Å². The van der Waals surface area contributed by atoms with Crippen LogP contribution in [0.3, 0.4) is 0 Å². The van der Waals surface area contributed by atoms with E-state index in [2.05, 4.69) is 4.98 Å². The first-order chi connectivity index (χ1) is 10.3. The molecule has 22 heavy (non-hydrogen) atoms. The van der Waals surface area contributed by atoms with Gasteiger partial charge >= 0.3 is 0 Å². The summed E-state index contributed by atoms with van der Waals surface area (Å²) in [6.45, 7) is 1.68. The molecule has 0 radical (unpaired) electrons. The van der Waals surface area contributed by atoms with E-state index in [0.29, 0.717) is 11.8 Å². The van der Waals surface area contributed by atoms with Crippen LogP contribution in [0.5, 0.6) is 0 Å². The van der Waals surface area contributed by atoms with Gasteiger partial charge in [-0.3, -0.25) is 9.36 Å². The van der Waals surface area contributed by atoms with Crippen LogP contribution in [0.1, 0.15) is 5.69 Å². The number of aromatic nitrogens is 2. The molecule has 1 aliphatic heterocycles. The highest BCUT2D eigenvalue weighted by Crippen LogP contribution is 2.26. The zero-order chi connectivity index (χ0) is 16.1. The van der Waals surface area contributed by atoms with Gasteiger partial charge in [-0.05, 0) is 19.1 Å². The van der Waals surface area contributed by atoms with Crippen LogP contribution in [0.4, 0.5) is 14.7 Å². The van der Waals surface area contributed by atoms with Crippen molar-refractivity contribution in [3.05, 3.63) is 51.9 Å². The predicted octanol–water partition coefficient (Wildman–Crippen LogP) is 1.04. The van der Waals surface area contributed by atoms with E-state index in [1.165, 1.54) is 10.6 Å². The zero-order valence-electron chi connectivity index (χ0n) is 11.5. The summed E-state index contributed by atoms with van der Waals surface area (Å²) in [6, 6.07) is 3.34. The average Bonchev–Trinajstić information content (AvgIpc) is 2.82. The number of fused-ring (bicyclic) bond motifs is 1. The first kappa shape index (κ1) is 14.6.